The summed E-state index contributed by atoms with van der Waals surface area (Å²) in [4.78, 5) is 0. The van der Waals surface area contributed by atoms with Gasteiger partial charge in [-0.2, -0.15) is 0 Å². The minimum absolute atomic E-state index is 0.187. The second kappa shape index (κ2) is 3.89. The van der Waals surface area contributed by atoms with Crippen molar-refractivity contribution in [1.29, 1.82) is 0 Å². The maximum atomic E-state index is 9.77. The minimum atomic E-state index is -0.642. The second-order valence-electron chi connectivity index (χ2n) is 3.31. The smallest absolute Gasteiger partial charge is 0.147 e. The predicted octanol–water partition coefficient (Wildman–Crippen LogP) is -0.518. The Balaban J connectivity index is 2.06. The molecule has 0 aromatic carbocycles. The van der Waals surface area contributed by atoms with Crippen LogP contribution >= 0.6 is 0 Å². The van der Waals surface area contributed by atoms with E-state index >= 15 is 0 Å². The number of aliphatic hydroxyl groups excluding tert-OH is 1. The fraction of sp³-hybridized carbons (Fsp3) is 1.00. The fourth-order valence-electron chi connectivity index (χ4n) is 1.55. The third-order valence-corrected chi connectivity index (χ3v) is 2.42. The summed E-state index contributed by atoms with van der Waals surface area (Å²) < 4.78 is 20.8. The van der Waals surface area contributed by atoms with Crippen molar-refractivity contribution in [3.05, 3.63) is 0 Å². The SMILES string of the molecule is C[C@@H]1OCO[C@@H]2COCO[C@@H]2[C@@H]1O. The Morgan fingerprint density at radius 3 is 2.85 bits per heavy atom. The third-order valence-electron chi connectivity index (χ3n) is 2.42. The number of aliphatic hydroxyl groups is 1. The Morgan fingerprint density at radius 2 is 2.00 bits per heavy atom. The standard InChI is InChI=1S/C8H14O5/c1-5-7(9)8-6(12-4-11-5)2-10-3-13-8/h5-9H,2-4H2,1H3/t5-,6+,7+,8-/m0/s1. The van der Waals surface area contributed by atoms with E-state index < -0.39 is 6.10 Å². The molecule has 5 nitrogen and oxygen atoms in total. The number of ether oxygens (including phenoxy) is 4. The summed E-state index contributed by atoms with van der Waals surface area (Å²) in [5.41, 5.74) is 0. The molecular weight excluding hydrogens is 176 g/mol. The molecule has 13 heavy (non-hydrogen) atoms. The number of rotatable bonds is 0. The van der Waals surface area contributed by atoms with E-state index in [2.05, 4.69) is 0 Å². The van der Waals surface area contributed by atoms with Gasteiger partial charge in [0.25, 0.3) is 0 Å². The molecule has 0 amide bonds. The van der Waals surface area contributed by atoms with E-state index in [0.717, 1.165) is 0 Å². The van der Waals surface area contributed by atoms with Gasteiger partial charge in [-0.25, -0.2) is 0 Å². The molecule has 0 radical (unpaired) electrons. The van der Waals surface area contributed by atoms with E-state index in [-0.39, 0.29) is 31.9 Å². The van der Waals surface area contributed by atoms with Crippen LogP contribution in [0.15, 0.2) is 0 Å². The van der Waals surface area contributed by atoms with Crippen molar-refractivity contribution < 1.29 is 24.1 Å². The van der Waals surface area contributed by atoms with Crippen molar-refractivity contribution in [3.8, 4) is 0 Å². The van der Waals surface area contributed by atoms with Crippen molar-refractivity contribution in [3.63, 3.8) is 0 Å². The zero-order valence-electron chi connectivity index (χ0n) is 7.51. The normalized spacial score (nSPS) is 46.6. The van der Waals surface area contributed by atoms with Gasteiger partial charge in [0.2, 0.25) is 0 Å². The lowest BCUT2D eigenvalue weighted by Crippen LogP contribution is -2.49. The van der Waals surface area contributed by atoms with Crippen molar-refractivity contribution in [2.24, 2.45) is 0 Å². The highest BCUT2D eigenvalue weighted by atomic mass is 16.7. The van der Waals surface area contributed by atoms with E-state index in [1.165, 1.54) is 0 Å². The summed E-state index contributed by atoms with van der Waals surface area (Å²) in [5.74, 6) is 0. The lowest BCUT2D eigenvalue weighted by atomic mass is 10.0. The van der Waals surface area contributed by atoms with Crippen LogP contribution in [-0.4, -0.2) is 49.7 Å². The van der Waals surface area contributed by atoms with Gasteiger partial charge in [-0.3, -0.25) is 0 Å². The summed E-state index contributed by atoms with van der Waals surface area (Å²) >= 11 is 0. The molecule has 2 aliphatic heterocycles. The van der Waals surface area contributed by atoms with Crippen LogP contribution in [0.25, 0.3) is 0 Å². The van der Waals surface area contributed by atoms with Crippen LogP contribution in [0.2, 0.25) is 0 Å². The van der Waals surface area contributed by atoms with Gasteiger partial charge in [0.05, 0.1) is 12.7 Å². The fourth-order valence-corrected chi connectivity index (χ4v) is 1.55. The highest BCUT2D eigenvalue weighted by Crippen LogP contribution is 2.21. The first-order chi connectivity index (χ1) is 6.29. The van der Waals surface area contributed by atoms with Gasteiger partial charge in [0.1, 0.15) is 31.9 Å². The molecule has 2 fully saturated rings. The Bertz CT molecular complexity index is 172. The van der Waals surface area contributed by atoms with Gasteiger partial charge in [0.15, 0.2) is 0 Å². The van der Waals surface area contributed by atoms with Gasteiger partial charge >= 0.3 is 0 Å². The molecule has 0 aromatic heterocycles. The highest BCUT2D eigenvalue weighted by molar-refractivity contribution is 4.84. The Kier molecular flexibility index (Phi) is 2.80. The first kappa shape index (κ1) is 9.36. The lowest BCUT2D eigenvalue weighted by molar-refractivity contribution is -0.226. The summed E-state index contributed by atoms with van der Waals surface area (Å²) in [7, 11) is 0. The van der Waals surface area contributed by atoms with Crippen LogP contribution in [0.4, 0.5) is 0 Å². The molecular formula is C8H14O5. The number of fused-ring (bicyclic) bond motifs is 1. The molecule has 0 unspecified atom stereocenters. The van der Waals surface area contributed by atoms with Crippen LogP contribution in [0.1, 0.15) is 6.92 Å². The Labute approximate surface area is 76.5 Å². The molecule has 2 saturated heterocycles. The van der Waals surface area contributed by atoms with Crippen LogP contribution in [0, 0.1) is 0 Å². The minimum Gasteiger partial charge on any atom is -0.388 e. The maximum absolute atomic E-state index is 9.77. The number of hydrogen-bond acceptors (Lipinski definition) is 5. The van der Waals surface area contributed by atoms with Crippen molar-refractivity contribution in [2.45, 2.75) is 31.3 Å². The zero-order valence-corrected chi connectivity index (χ0v) is 7.51. The highest BCUT2D eigenvalue weighted by Gasteiger charge is 2.38. The van der Waals surface area contributed by atoms with Gasteiger partial charge in [-0.15, -0.1) is 0 Å². The van der Waals surface area contributed by atoms with E-state index in [1.54, 1.807) is 6.92 Å². The molecule has 2 aliphatic rings. The maximum Gasteiger partial charge on any atom is 0.147 e. The van der Waals surface area contributed by atoms with Crippen LogP contribution in [-0.2, 0) is 18.9 Å². The van der Waals surface area contributed by atoms with E-state index in [9.17, 15) is 5.11 Å². The average molecular weight is 190 g/mol. The van der Waals surface area contributed by atoms with Crippen molar-refractivity contribution >= 4 is 0 Å². The van der Waals surface area contributed by atoms with Crippen molar-refractivity contribution in [1.82, 2.24) is 0 Å². The summed E-state index contributed by atoms with van der Waals surface area (Å²) in [6, 6.07) is 0. The molecule has 5 heteroatoms. The first-order valence-corrected chi connectivity index (χ1v) is 4.39. The van der Waals surface area contributed by atoms with Crippen LogP contribution in [0.5, 0.6) is 0 Å². The van der Waals surface area contributed by atoms with Gasteiger partial charge in [0, 0.05) is 0 Å². The average Bonchev–Trinajstić information content (AvgIpc) is 2.29. The Morgan fingerprint density at radius 1 is 1.15 bits per heavy atom. The molecule has 4 atom stereocenters. The summed E-state index contributed by atoms with van der Waals surface area (Å²) in [5, 5.41) is 9.77. The topological polar surface area (TPSA) is 57.2 Å². The quantitative estimate of drug-likeness (QED) is 0.557. The molecule has 1 N–H and O–H groups in total. The first-order valence-electron chi connectivity index (χ1n) is 4.39. The largest absolute Gasteiger partial charge is 0.388 e. The molecule has 0 aromatic rings. The van der Waals surface area contributed by atoms with E-state index in [0.29, 0.717) is 6.61 Å². The summed E-state index contributed by atoms with van der Waals surface area (Å²) in [6.45, 7) is 2.66. The van der Waals surface area contributed by atoms with E-state index in [4.69, 9.17) is 18.9 Å². The second-order valence-corrected chi connectivity index (χ2v) is 3.31. The monoisotopic (exact) mass is 190 g/mol. The molecule has 0 spiro atoms. The van der Waals surface area contributed by atoms with E-state index in [1.807, 2.05) is 0 Å². The van der Waals surface area contributed by atoms with Gasteiger partial charge < -0.3 is 24.1 Å². The van der Waals surface area contributed by atoms with Gasteiger partial charge in [-0.05, 0) is 6.92 Å². The molecule has 0 bridgehead atoms. The third kappa shape index (κ3) is 1.84. The molecule has 76 valence electrons. The molecule has 2 heterocycles. The molecule has 0 saturated carbocycles. The Hall–Kier alpha value is -0.200. The molecule has 2 rings (SSSR count). The number of hydrogen-bond donors (Lipinski definition) is 1. The van der Waals surface area contributed by atoms with Crippen LogP contribution < -0.4 is 0 Å². The van der Waals surface area contributed by atoms with Crippen molar-refractivity contribution in [2.75, 3.05) is 20.2 Å². The lowest BCUT2D eigenvalue weighted by Gasteiger charge is -2.32. The van der Waals surface area contributed by atoms with Gasteiger partial charge in [-0.1, -0.05) is 0 Å². The molecule has 0 aliphatic carbocycles. The van der Waals surface area contributed by atoms with Crippen LogP contribution in [0.3, 0.4) is 0 Å². The predicted molar refractivity (Wildman–Crippen MR) is 42.0 cm³/mol. The zero-order chi connectivity index (χ0) is 9.26. The summed E-state index contributed by atoms with van der Waals surface area (Å²) in [6.07, 6.45) is -1.44.